The monoisotopic (exact) mass is 275 g/mol. The smallest absolute Gasteiger partial charge is 0.184 e. The Labute approximate surface area is 119 Å². The predicted molar refractivity (Wildman–Crippen MR) is 83.0 cm³/mol. The molecule has 2 aromatic rings. The van der Waals surface area contributed by atoms with Crippen molar-refractivity contribution in [3.8, 4) is 0 Å². The highest BCUT2D eigenvalue weighted by Gasteiger charge is 2.13. The third kappa shape index (κ3) is 3.78. The van der Waals surface area contributed by atoms with Gasteiger partial charge in [0, 0.05) is 31.9 Å². The van der Waals surface area contributed by atoms with Gasteiger partial charge in [0.1, 0.15) is 0 Å². The van der Waals surface area contributed by atoms with Crippen molar-refractivity contribution >= 4 is 16.5 Å². The Bertz CT molecular complexity index is 493. The van der Waals surface area contributed by atoms with Crippen molar-refractivity contribution in [1.29, 1.82) is 0 Å². The van der Waals surface area contributed by atoms with E-state index in [0.29, 0.717) is 6.04 Å². The molecule has 0 fully saturated rings. The van der Waals surface area contributed by atoms with Gasteiger partial charge < -0.3 is 10.2 Å². The number of hydrogen-bond donors (Lipinski definition) is 1. The average molecular weight is 275 g/mol. The van der Waals surface area contributed by atoms with Crippen LogP contribution in [0.2, 0.25) is 0 Å². The van der Waals surface area contributed by atoms with Crippen molar-refractivity contribution in [2.75, 3.05) is 25.5 Å². The zero-order chi connectivity index (χ0) is 13.7. The van der Waals surface area contributed by atoms with Crippen molar-refractivity contribution in [3.63, 3.8) is 0 Å². The van der Waals surface area contributed by atoms with E-state index in [9.17, 15) is 0 Å². The molecule has 0 saturated heterocycles. The number of hydrogen-bond acceptors (Lipinski definition) is 4. The van der Waals surface area contributed by atoms with E-state index in [4.69, 9.17) is 0 Å². The summed E-state index contributed by atoms with van der Waals surface area (Å²) in [6.45, 7) is 3.10. The summed E-state index contributed by atoms with van der Waals surface area (Å²) in [5.74, 6) is 0. The van der Waals surface area contributed by atoms with Gasteiger partial charge in [0.25, 0.3) is 0 Å². The summed E-state index contributed by atoms with van der Waals surface area (Å²) >= 11 is 1.70. The number of nitrogens with one attached hydrogen (secondary N) is 1. The molecule has 0 saturated carbocycles. The number of thiazole rings is 1. The Balaban J connectivity index is 2.12. The summed E-state index contributed by atoms with van der Waals surface area (Å²) in [5, 5.41) is 6.76. The Kier molecular flexibility index (Phi) is 4.93. The number of rotatable bonds is 6. The summed E-state index contributed by atoms with van der Waals surface area (Å²) < 4.78 is 0. The number of aromatic nitrogens is 1. The van der Waals surface area contributed by atoms with E-state index in [2.05, 4.69) is 57.8 Å². The molecule has 1 N–H and O–H groups in total. The van der Waals surface area contributed by atoms with Gasteiger partial charge in [0.05, 0.1) is 5.69 Å². The lowest BCUT2D eigenvalue weighted by Crippen LogP contribution is -2.23. The van der Waals surface area contributed by atoms with Gasteiger partial charge in [0.15, 0.2) is 5.13 Å². The molecule has 1 aromatic carbocycles. The summed E-state index contributed by atoms with van der Waals surface area (Å²) in [5.41, 5.74) is 2.48. The molecule has 0 amide bonds. The van der Waals surface area contributed by atoms with Crippen molar-refractivity contribution < 1.29 is 0 Å². The number of nitrogens with zero attached hydrogens (tertiary/aromatic N) is 2. The zero-order valence-electron chi connectivity index (χ0n) is 11.8. The van der Waals surface area contributed by atoms with Crippen LogP contribution in [-0.4, -0.2) is 25.6 Å². The van der Waals surface area contributed by atoms with Crippen molar-refractivity contribution in [1.82, 2.24) is 10.3 Å². The van der Waals surface area contributed by atoms with Crippen LogP contribution < -0.4 is 10.2 Å². The van der Waals surface area contributed by atoms with E-state index in [1.54, 1.807) is 11.3 Å². The van der Waals surface area contributed by atoms with Gasteiger partial charge in [-0.2, -0.15) is 0 Å². The first-order valence-electron chi connectivity index (χ1n) is 6.60. The van der Waals surface area contributed by atoms with Crippen LogP contribution in [0.1, 0.15) is 24.2 Å². The molecule has 19 heavy (non-hydrogen) atoms. The molecule has 0 aliphatic rings. The van der Waals surface area contributed by atoms with Crippen molar-refractivity contribution in [2.24, 2.45) is 0 Å². The standard InChI is InChI=1S/C15H21N3S/c1-4-16-14(12-8-6-5-7-9-12)10-13-11-19-15(17-13)18(2)3/h5-9,11,14,16H,4,10H2,1-3H3. The van der Waals surface area contributed by atoms with Gasteiger partial charge in [-0.25, -0.2) is 4.98 Å². The summed E-state index contributed by atoms with van der Waals surface area (Å²) in [6, 6.07) is 10.9. The molecule has 4 heteroatoms. The quantitative estimate of drug-likeness (QED) is 0.878. The fourth-order valence-electron chi connectivity index (χ4n) is 2.04. The molecule has 1 aromatic heterocycles. The number of anilines is 1. The molecular weight excluding hydrogens is 254 g/mol. The van der Waals surface area contributed by atoms with Crippen LogP contribution in [0.3, 0.4) is 0 Å². The Morgan fingerprint density at radius 1 is 1.26 bits per heavy atom. The highest BCUT2D eigenvalue weighted by atomic mass is 32.1. The number of likely N-dealkylation sites (N-methyl/N-ethyl adjacent to an activating group) is 1. The molecule has 0 aliphatic carbocycles. The van der Waals surface area contributed by atoms with Crippen LogP contribution in [0.4, 0.5) is 5.13 Å². The average Bonchev–Trinajstić information content (AvgIpc) is 2.88. The molecule has 0 aliphatic heterocycles. The van der Waals surface area contributed by atoms with Gasteiger partial charge in [0.2, 0.25) is 0 Å². The summed E-state index contributed by atoms with van der Waals surface area (Å²) in [7, 11) is 4.06. The maximum atomic E-state index is 4.66. The highest BCUT2D eigenvalue weighted by Crippen LogP contribution is 2.23. The van der Waals surface area contributed by atoms with Gasteiger partial charge in [-0.05, 0) is 12.1 Å². The third-order valence-electron chi connectivity index (χ3n) is 2.99. The van der Waals surface area contributed by atoms with Crippen LogP contribution >= 0.6 is 11.3 Å². The maximum absolute atomic E-state index is 4.66. The normalized spacial score (nSPS) is 12.4. The first kappa shape index (κ1) is 14.0. The van der Waals surface area contributed by atoms with Crippen LogP contribution in [0.25, 0.3) is 0 Å². The maximum Gasteiger partial charge on any atom is 0.184 e. The Morgan fingerprint density at radius 3 is 2.58 bits per heavy atom. The summed E-state index contributed by atoms with van der Waals surface area (Å²) in [4.78, 5) is 6.72. The minimum absolute atomic E-state index is 0.336. The van der Waals surface area contributed by atoms with Gasteiger partial charge >= 0.3 is 0 Å². The molecule has 1 atom stereocenters. The fraction of sp³-hybridized carbons (Fsp3) is 0.400. The van der Waals surface area contributed by atoms with E-state index >= 15 is 0 Å². The van der Waals surface area contributed by atoms with E-state index < -0.39 is 0 Å². The second-order valence-corrected chi connectivity index (χ2v) is 5.58. The lowest BCUT2D eigenvalue weighted by molar-refractivity contribution is 0.545. The molecule has 102 valence electrons. The lowest BCUT2D eigenvalue weighted by atomic mass is 10.0. The Hall–Kier alpha value is -1.39. The molecule has 0 radical (unpaired) electrons. The summed E-state index contributed by atoms with van der Waals surface area (Å²) in [6.07, 6.45) is 0.933. The molecule has 0 bridgehead atoms. The first-order chi connectivity index (χ1) is 9.20. The van der Waals surface area contributed by atoms with E-state index in [1.165, 1.54) is 5.56 Å². The molecule has 1 heterocycles. The lowest BCUT2D eigenvalue weighted by Gasteiger charge is -2.17. The van der Waals surface area contributed by atoms with Crippen molar-refractivity contribution in [3.05, 3.63) is 47.0 Å². The fourth-order valence-corrected chi connectivity index (χ4v) is 2.82. The molecular formula is C15H21N3S. The van der Waals surface area contributed by atoms with Gasteiger partial charge in [-0.15, -0.1) is 11.3 Å². The van der Waals surface area contributed by atoms with Gasteiger partial charge in [-0.1, -0.05) is 37.3 Å². The van der Waals surface area contributed by atoms with E-state index in [-0.39, 0.29) is 0 Å². The molecule has 1 unspecified atom stereocenters. The van der Waals surface area contributed by atoms with Crippen LogP contribution in [-0.2, 0) is 6.42 Å². The van der Waals surface area contributed by atoms with Crippen LogP contribution in [0.5, 0.6) is 0 Å². The minimum atomic E-state index is 0.336. The SMILES string of the molecule is CCNC(Cc1csc(N(C)C)n1)c1ccccc1. The number of benzene rings is 1. The first-order valence-corrected chi connectivity index (χ1v) is 7.48. The van der Waals surface area contributed by atoms with Gasteiger partial charge in [-0.3, -0.25) is 0 Å². The van der Waals surface area contributed by atoms with E-state index in [0.717, 1.165) is 23.8 Å². The predicted octanol–water partition coefficient (Wildman–Crippen LogP) is 3.10. The zero-order valence-corrected chi connectivity index (χ0v) is 12.6. The van der Waals surface area contributed by atoms with Crippen LogP contribution in [0, 0.1) is 0 Å². The largest absolute Gasteiger partial charge is 0.354 e. The second kappa shape index (κ2) is 6.68. The third-order valence-corrected chi connectivity index (χ3v) is 4.05. The Morgan fingerprint density at radius 2 is 2.00 bits per heavy atom. The van der Waals surface area contributed by atoms with Crippen LogP contribution in [0.15, 0.2) is 35.7 Å². The second-order valence-electron chi connectivity index (χ2n) is 4.74. The molecule has 0 spiro atoms. The topological polar surface area (TPSA) is 28.2 Å². The van der Waals surface area contributed by atoms with E-state index in [1.807, 2.05) is 14.1 Å². The molecule has 2 rings (SSSR count). The molecule has 3 nitrogen and oxygen atoms in total. The van der Waals surface area contributed by atoms with Crippen molar-refractivity contribution in [2.45, 2.75) is 19.4 Å². The highest BCUT2D eigenvalue weighted by molar-refractivity contribution is 7.13. The minimum Gasteiger partial charge on any atom is -0.354 e.